The Kier molecular flexibility index (Phi) is 6.72. The summed E-state index contributed by atoms with van der Waals surface area (Å²) in [6.07, 6.45) is 11.1. The van der Waals surface area contributed by atoms with Crippen LogP contribution in [0.5, 0.6) is 0 Å². The average Bonchev–Trinajstić information content (AvgIpc) is 2.82. The molecule has 0 aliphatic heterocycles. The number of rotatable bonds is 2. The standard InChI is InChI=1S/C30H46O4.C2H6/c1-25(2)13-14-29(24(33)34)15-16-30(18-31)19(20(29)17-25)7-8-22-27(5)11-10-23(32)26(3,4)21(27)9-12-28(22,30)6;1-2/h7,20-22,31H,8-18H2,1-6H3,(H,33,34);1-2H3/t20?,21?,22?,27?,28?,29?,30-;/m0./s1. The first kappa shape index (κ1) is 27.9. The zero-order valence-electron chi connectivity index (χ0n) is 24.3. The molecule has 5 aliphatic rings. The lowest BCUT2D eigenvalue weighted by atomic mass is 9.33. The van der Waals surface area contributed by atoms with Crippen LogP contribution >= 0.6 is 0 Å². The van der Waals surface area contributed by atoms with E-state index in [1.807, 2.05) is 13.8 Å². The van der Waals surface area contributed by atoms with Gasteiger partial charge in [0.05, 0.1) is 12.0 Å². The Hall–Kier alpha value is -1.16. The SMILES string of the molecule is CC.CC1(C)CCC2(C(=O)O)CC[C@]3(CO)C(=CCC4C5(C)CCC(=O)C(C)(C)C5CCC43C)C2C1. The Bertz CT molecular complexity index is 946. The van der Waals surface area contributed by atoms with Crippen molar-refractivity contribution in [1.29, 1.82) is 0 Å². The molecule has 0 aromatic heterocycles. The summed E-state index contributed by atoms with van der Waals surface area (Å²) >= 11 is 0. The van der Waals surface area contributed by atoms with Crippen LogP contribution < -0.4 is 0 Å². The molecule has 0 saturated heterocycles. The molecule has 4 nitrogen and oxygen atoms in total. The number of aliphatic hydroxyl groups is 1. The lowest BCUT2D eigenvalue weighted by molar-refractivity contribution is -0.198. The Morgan fingerprint density at radius 3 is 2.19 bits per heavy atom. The zero-order valence-corrected chi connectivity index (χ0v) is 24.3. The number of ketones is 1. The Morgan fingerprint density at radius 1 is 0.944 bits per heavy atom. The molecule has 0 radical (unpaired) electrons. The molecule has 6 unspecified atom stereocenters. The van der Waals surface area contributed by atoms with E-state index in [4.69, 9.17) is 0 Å². The normalized spacial score (nSPS) is 46.5. The molecule has 5 rings (SSSR count). The zero-order chi connectivity index (χ0) is 26.9. The van der Waals surface area contributed by atoms with Gasteiger partial charge in [-0.1, -0.05) is 67.0 Å². The predicted molar refractivity (Wildman–Crippen MR) is 144 cm³/mol. The number of carbonyl (C=O) groups is 2. The minimum atomic E-state index is -0.677. The Balaban J connectivity index is 0.00000148. The van der Waals surface area contributed by atoms with E-state index in [0.717, 1.165) is 51.4 Å². The summed E-state index contributed by atoms with van der Waals surface area (Å²) < 4.78 is 0. The van der Waals surface area contributed by atoms with Crippen LogP contribution in [0.3, 0.4) is 0 Å². The van der Waals surface area contributed by atoms with Crippen LogP contribution in [0.25, 0.3) is 0 Å². The van der Waals surface area contributed by atoms with Crippen molar-refractivity contribution in [2.24, 2.45) is 50.2 Å². The van der Waals surface area contributed by atoms with Crippen LogP contribution in [-0.2, 0) is 9.59 Å². The van der Waals surface area contributed by atoms with Crippen LogP contribution in [0, 0.1) is 50.2 Å². The van der Waals surface area contributed by atoms with Gasteiger partial charge in [0.1, 0.15) is 5.78 Å². The van der Waals surface area contributed by atoms with Crippen molar-refractivity contribution in [2.75, 3.05) is 6.61 Å². The summed E-state index contributed by atoms with van der Waals surface area (Å²) in [5.74, 6) is 0.588. The minimum absolute atomic E-state index is 0.0160. The maximum atomic E-state index is 12.9. The van der Waals surface area contributed by atoms with Gasteiger partial charge in [-0.3, -0.25) is 9.59 Å². The van der Waals surface area contributed by atoms with Gasteiger partial charge in [0, 0.05) is 17.3 Å². The smallest absolute Gasteiger partial charge is 0.310 e. The van der Waals surface area contributed by atoms with Gasteiger partial charge < -0.3 is 10.2 Å². The molecule has 0 bridgehead atoms. The van der Waals surface area contributed by atoms with Crippen molar-refractivity contribution < 1.29 is 19.8 Å². The number of aliphatic hydroxyl groups excluding tert-OH is 1. The largest absolute Gasteiger partial charge is 0.481 e. The highest BCUT2D eigenvalue weighted by Crippen LogP contribution is 2.75. The van der Waals surface area contributed by atoms with Crippen LogP contribution in [-0.4, -0.2) is 28.6 Å². The lowest BCUT2D eigenvalue weighted by Crippen LogP contribution is -2.66. The molecule has 4 fully saturated rings. The molecule has 2 N–H and O–H groups in total. The Morgan fingerprint density at radius 2 is 1.58 bits per heavy atom. The molecule has 0 spiro atoms. The van der Waals surface area contributed by atoms with E-state index in [9.17, 15) is 19.8 Å². The number of allylic oxidation sites excluding steroid dienone is 1. The molecular formula is C32H52O4. The molecule has 0 amide bonds. The highest BCUT2D eigenvalue weighted by atomic mass is 16.4. The molecule has 36 heavy (non-hydrogen) atoms. The van der Waals surface area contributed by atoms with E-state index >= 15 is 0 Å². The monoisotopic (exact) mass is 500 g/mol. The van der Waals surface area contributed by atoms with Gasteiger partial charge in [-0.25, -0.2) is 0 Å². The third-order valence-corrected chi connectivity index (χ3v) is 12.8. The summed E-state index contributed by atoms with van der Waals surface area (Å²) in [7, 11) is 0. The van der Waals surface area contributed by atoms with Gasteiger partial charge in [0.2, 0.25) is 0 Å². The second kappa shape index (κ2) is 8.68. The van der Waals surface area contributed by atoms with E-state index in [-0.39, 0.29) is 39.6 Å². The van der Waals surface area contributed by atoms with Gasteiger partial charge in [-0.2, -0.15) is 0 Å². The third-order valence-electron chi connectivity index (χ3n) is 12.8. The molecule has 0 heterocycles. The van der Waals surface area contributed by atoms with Crippen LogP contribution in [0.4, 0.5) is 0 Å². The first-order chi connectivity index (χ1) is 16.7. The fraction of sp³-hybridized carbons (Fsp3) is 0.875. The van der Waals surface area contributed by atoms with Crippen molar-refractivity contribution in [3.8, 4) is 0 Å². The fourth-order valence-corrected chi connectivity index (χ4v) is 10.6. The number of aliphatic carboxylic acids is 1. The number of carboxylic acids is 1. The molecule has 5 aliphatic carbocycles. The molecule has 0 aromatic carbocycles. The number of Topliss-reactive ketones (excluding diaryl/α,β-unsaturated/α-hetero) is 1. The highest BCUT2D eigenvalue weighted by Gasteiger charge is 2.70. The maximum Gasteiger partial charge on any atom is 0.310 e. The maximum absolute atomic E-state index is 12.9. The van der Waals surface area contributed by atoms with Crippen molar-refractivity contribution in [2.45, 2.75) is 120 Å². The quantitative estimate of drug-likeness (QED) is 0.386. The third kappa shape index (κ3) is 3.41. The first-order valence-electron chi connectivity index (χ1n) is 14.8. The highest BCUT2D eigenvalue weighted by molar-refractivity contribution is 5.85. The summed E-state index contributed by atoms with van der Waals surface area (Å²) in [4.78, 5) is 25.7. The van der Waals surface area contributed by atoms with E-state index in [0.29, 0.717) is 30.5 Å². The average molecular weight is 501 g/mol. The summed E-state index contributed by atoms with van der Waals surface area (Å²) in [5, 5.41) is 21.7. The number of carboxylic acid groups (broad SMARTS) is 1. The first-order valence-corrected chi connectivity index (χ1v) is 14.8. The molecule has 7 atom stereocenters. The van der Waals surface area contributed by atoms with E-state index in [1.165, 1.54) is 5.57 Å². The van der Waals surface area contributed by atoms with Gasteiger partial charge in [-0.15, -0.1) is 0 Å². The van der Waals surface area contributed by atoms with Gasteiger partial charge in [0.25, 0.3) is 0 Å². The number of carbonyl (C=O) groups excluding carboxylic acids is 1. The van der Waals surface area contributed by atoms with E-state index < -0.39 is 11.4 Å². The van der Waals surface area contributed by atoms with Crippen molar-refractivity contribution in [1.82, 2.24) is 0 Å². The predicted octanol–water partition coefficient (Wildman–Crippen LogP) is 7.44. The molecule has 4 heteroatoms. The number of hydrogen-bond acceptors (Lipinski definition) is 3. The van der Waals surface area contributed by atoms with Gasteiger partial charge in [-0.05, 0) is 91.8 Å². The summed E-state index contributed by atoms with van der Waals surface area (Å²) in [6, 6.07) is 0. The van der Waals surface area contributed by atoms with Gasteiger partial charge >= 0.3 is 5.97 Å². The number of fused-ring (bicyclic) bond motifs is 7. The van der Waals surface area contributed by atoms with Crippen LogP contribution in [0.15, 0.2) is 11.6 Å². The molecule has 4 saturated carbocycles. The molecule has 0 aromatic rings. The number of hydrogen-bond donors (Lipinski definition) is 2. The van der Waals surface area contributed by atoms with Crippen molar-refractivity contribution in [3.63, 3.8) is 0 Å². The summed E-state index contributed by atoms with van der Waals surface area (Å²) in [6.45, 7) is 17.9. The van der Waals surface area contributed by atoms with Gasteiger partial charge in [0.15, 0.2) is 0 Å². The second-order valence-electron chi connectivity index (χ2n) is 14.7. The molecule has 204 valence electrons. The molecular weight excluding hydrogens is 448 g/mol. The minimum Gasteiger partial charge on any atom is -0.481 e. The Labute approximate surface area is 219 Å². The topological polar surface area (TPSA) is 74.6 Å². The lowest BCUT2D eigenvalue weighted by Gasteiger charge is -2.70. The van der Waals surface area contributed by atoms with Crippen molar-refractivity contribution in [3.05, 3.63) is 11.6 Å². The van der Waals surface area contributed by atoms with Crippen LogP contribution in [0.1, 0.15) is 120 Å². The van der Waals surface area contributed by atoms with E-state index in [2.05, 4.69) is 47.6 Å². The van der Waals surface area contributed by atoms with Crippen molar-refractivity contribution >= 4 is 11.8 Å². The second-order valence-corrected chi connectivity index (χ2v) is 14.7. The summed E-state index contributed by atoms with van der Waals surface area (Å²) in [5.41, 5.74) is 0.0993. The van der Waals surface area contributed by atoms with E-state index in [1.54, 1.807) is 0 Å². The fourth-order valence-electron chi connectivity index (χ4n) is 10.6. The van der Waals surface area contributed by atoms with Crippen LogP contribution in [0.2, 0.25) is 0 Å².